The molecule has 18 heavy (non-hydrogen) atoms. The van der Waals surface area contributed by atoms with Crippen molar-refractivity contribution in [3.8, 4) is 0 Å². The molecule has 0 unspecified atom stereocenters. The molecule has 0 bridgehead atoms. The molecular weight excluding hydrogens is 258 g/mol. The second-order valence-electron chi connectivity index (χ2n) is 6.32. The van der Waals surface area contributed by atoms with E-state index < -0.39 is 8.32 Å². The zero-order valence-electron chi connectivity index (χ0n) is 12.4. The van der Waals surface area contributed by atoms with Crippen LogP contribution in [0.1, 0.15) is 31.2 Å². The lowest BCUT2D eigenvalue weighted by Gasteiger charge is -2.36. The van der Waals surface area contributed by atoms with Gasteiger partial charge in [-0.15, -0.1) is 11.3 Å². The lowest BCUT2D eigenvalue weighted by molar-refractivity contribution is 0.292. The second-order valence-corrected chi connectivity index (χ2v) is 12.1. The Bertz CT molecular complexity index is 368. The molecule has 104 valence electrons. The first-order chi connectivity index (χ1) is 8.26. The summed E-state index contributed by atoms with van der Waals surface area (Å²) in [5.74, 6) is 0. The smallest absolute Gasteiger partial charge is 0.191 e. The van der Waals surface area contributed by atoms with Crippen LogP contribution >= 0.6 is 11.3 Å². The van der Waals surface area contributed by atoms with Crippen molar-refractivity contribution in [1.82, 2.24) is 0 Å². The number of hydrogen-bond acceptors (Lipinski definition) is 3. The lowest BCUT2D eigenvalue weighted by atomic mass is 10.2. The molecule has 0 aromatic carbocycles. The Hall–Kier alpha value is -0.163. The number of thiophene rings is 1. The Balaban J connectivity index is 2.41. The van der Waals surface area contributed by atoms with Crippen LogP contribution < -0.4 is 5.73 Å². The first-order valence-electron chi connectivity index (χ1n) is 6.66. The van der Waals surface area contributed by atoms with Crippen molar-refractivity contribution in [2.24, 2.45) is 5.73 Å². The maximum atomic E-state index is 6.19. The van der Waals surface area contributed by atoms with E-state index in [0.717, 1.165) is 26.0 Å². The quantitative estimate of drug-likeness (QED) is 0.807. The van der Waals surface area contributed by atoms with E-state index in [-0.39, 0.29) is 0 Å². The van der Waals surface area contributed by atoms with Gasteiger partial charge >= 0.3 is 0 Å². The average molecular weight is 286 g/mol. The van der Waals surface area contributed by atoms with Gasteiger partial charge in [-0.2, -0.15) is 0 Å². The van der Waals surface area contributed by atoms with Gasteiger partial charge in [0.2, 0.25) is 0 Å². The summed E-state index contributed by atoms with van der Waals surface area (Å²) in [6.45, 7) is 13.0. The highest BCUT2D eigenvalue weighted by molar-refractivity contribution is 7.10. The van der Waals surface area contributed by atoms with Crippen LogP contribution in [0.3, 0.4) is 0 Å². The zero-order valence-corrected chi connectivity index (χ0v) is 14.2. The summed E-state index contributed by atoms with van der Waals surface area (Å²) in [4.78, 5) is 1.39. The van der Waals surface area contributed by atoms with E-state index in [1.165, 1.54) is 10.4 Å². The van der Waals surface area contributed by atoms with Gasteiger partial charge in [-0.1, -0.05) is 20.8 Å². The van der Waals surface area contributed by atoms with Gasteiger partial charge in [0.15, 0.2) is 8.32 Å². The molecule has 1 heterocycles. The van der Waals surface area contributed by atoms with Crippen LogP contribution in [-0.4, -0.2) is 21.5 Å². The molecule has 1 rings (SSSR count). The third kappa shape index (κ3) is 4.50. The van der Waals surface area contributed by atoms with E-state index >= 15 is 0 Å². The standard InChI is InChI=1S/C14H27NOSSi/c1-14(2,3)18(4,5)16-9-7-12-10-13(6-8-15)17-11-12/h10-11H,6-9,15H2,1-5H3. The Morgan fingerprint density at radius 1 is 1.28 bits per heavy atom. The van der Waals surface area contributed by atoms with Crippen molar-refractivity contribution in [2.45, 2.75) is 51.7 Å². The van der Waals surface area contributed by atoms with E-state index in [4.69, 9.17) is 10.2 Å². The summed E-state index contributed by atoms with van der Waals surface area (Å²) in [6, 6.07) is 2.27. The van der Waals surface area contributed by atoms with Gasteiger partial charge in [-0.3, -0.25) is 0 Å². The highest BCUT2D eigenvalue weighted by Crippen LogP contribution is 2.36. The lowest BCUT2D eigenvalue weighted by Crippen LogP contribution is -2.41. The van der Waals surface area contributed by atoms with E-state index in [1.807, 2.05) is 11.3 Å². The largest absolute Gasteiger partial charge is 0.416 e. The van der Waals surface area contributed by atoms with Gasteiger partial charge in [0.05, 0.1) is 0 Å². The summed E-state index contributed by atoms with van der Waals surface area (Å²) in [5.41, 5.74) is 6.95. The Morgan fingerprint density at radius 3 is 2.50 bits per heavy atom. The molecule has 0 saturated carbocycles. The molecule has 1 aromatic rings. The fraction of sp³-hybridized carbons (Fsp3) is 0.714. The first-order valence-corrected chi connectivity index (χ1v) is 10.5. The van der Waals surface area contributed by atoms with Crippen LogP contribution in [0.15, 0.2) is 11.4 Å². The molecule has 0 spiro atoms. The van der Waals surface area contributed by atoms with Gasteiger partial charge in [-0.25, -0.2) is 0 Å². The van der Waals surface area contributed by atoms with Gasteiger partial charge in [0.25, 0.3) is 0 Å². The predicted octanol–water partition coefficient (Wildman–Crippen LogP) is 3.81. The van der Waals surface area contributed by atoms with Crippen LogP contribution in [-0.2, 0) is 17.3 Å². The Kier molecular flexibility index (Phi) is 5.59. The Labute approximate surface area is 117 Å². The van der Waals surface area contributed by atoms with Gasteiger partial charge in [0, 0.05) is 11.5 Å². The molecular formula is C14H27NOSSi. The minimum atomic E-state index is -1.58. The normalized spacial score (nSPS) is 13.0. The van der Waals surface area contributed by atoms with Crippen molar-refractivity contribution in [2.75, 3.05) is 13.2 Å². The van der Waals surface area contributed by atoms with E-state index in [0.29, 0.717) is 5.04 Å². The topological polar surface area (TPSA) is 35.2 Å². The maximum Gasteiger partial charge on any atom is 0.191 e. The van der Waals surface area contributed by atoms with E-state index in [1.54, 1.807) is 0 Å². The van der Waals surface area contributed by atoms with Crippen LogP contribution in [0.2, 0.25) is 18.1 Å². The number of nitrogens with two attached hydrogens (primary N) is 1. The highest BCUT2D eigenvalue weighted by Gasteiger charge is 2.36. The van der Waals surface area contributed by atoms with Crippen LogP contribution in [0.4, 0.5) is 0 Å². The number of rotatable bonds is 6. The van der Waals surface area contributed by atoms with Gasteiger partial charge < -0.3 is 10.2 Å². The molecule has 0 aliphatic carbocycles. The molecule has 0 aliphatic heterocycles. The van der Waals surface area contributed by atoms with Crippen molar-refractivity contribution in [3.63, 3.8) is 0 Å². The predicted molar refractivity (Wildman–Crippen MR) is 83.9 cm³/mol. The highest BCUT2D eigenvalue weighted by atomic mass is 32.1. The molecule has 2 nitrogen and oxygen atoms in total. The monoisotopic (exact) mass is 285 g/mol. The zero-order chi connectivity index (χ0) is 13.8. The minimum Gasteiger partial charge on any atom is -0.416 e. The third-order valence-electron chi connectivity index (χ3n) is 3.76. The molecule has 0 atom stereocenters. The summed E-state index contributed by atoms with van der Waals surface area (Å²) >= 11 is 1.81. The summed E-state index contributed by atoms with van der Waals surface area (Å²) in [6.07, 6.45) is 2.02. The fourth-order valence-corrected chi connectivity index (χ4v) is 3.46. The van der Waals surface area contributed by atoms with Crippen molar-refractivity contribution in [1.29, 1.82) is 0 Å². The molecule has 0 aliphatic rings. The molecule has 2 N–H and O–H groups in total. The molecule has 0 amide bonds. The SMILES string of the molecule is CC(C)(C)[Si](C)(C)OCCc1csc(CCN)c1. The van der Waals surface area contributed by atoms with E-state index in [9.17, 15) is 0 Å². The molecule has 4 heteroatoms. The van der Waals surface area contributed by atoms with Gasteiger partial charge in [-0.05, 0) is 54.5 Å². The summed E-state index contributed by atoms with van der Waals surface area (Å²) < 4.78 is 6.19. The van der Waals surface area contributed by atoms with Crippen molar-refractivity contribution < 1.29 is 4.43 Å². The van der Waals surface area contributed by atoms with Crippen molar-refractivity contribution >= 4 is 19.7 Å². The van der Waals surface area contributed by atoms with E-state index in [2.05, 4.69) is 45.3 Å². The third-order valence-corrected chi connectivity index (χ3v) is 9.34. The van der Waals surface area contributed by atoms with Crippen LogP contribution in [0.5, 0.6) is 0 Å². The molecule has 0 fully saturated rings. The average Bonchev–Trinajstić information content (AvgIpc) is 2.64. The molecule has 0 saturated heterocycles. The Morgan fingerprint density at radius 2 is 1.94 bits per heavy atom. The second kappa shape index (κ2) is 6.33. The summed E-state index contributed by atoms with van der Waals surface area (Å²) in [7, 11) is -1.58. The van der Waals surface area contributed by atoms with Crippen molar-refractivity contribution in [3.05, 3.63) is 21.9 Å². The number of hydrogen-bond donors (Lipinski definition) is 1. The molecule has 0 radical (unpaired) electrons. The van der Waals surface area contributed by atoms with Crippen LogP contribution in [0.25, 0.3) is 0 Å². The minimum absolute atomic E-state index is 0.298. The summed E-state index contributed by atoms with van der Waals surface area (Å²) in [5, 5.41) is 2.53. The maximum absolute atomic E-state index is 6.19. The fourth-order valence-electron chi connectivity index (χ4n) is 1.47. The van der Waals surface area contributed by atoms with Crippen LogP contribution in [0, 0.1) is 0 Å². The van der Waals surface area contributed by atoms with Gasteiger partial charge in [0.1, 0.15) is 0 Å². The first kappa shape index (κ1) is 15.9. The molecule has 1 aromatic heterocycles.